The molecule has 0 aliphatic rings. The highest BCUT2D eigenvalue weighted by atomic mass is 32.2. The van der Waals surface area contributed by atoms with E-state index in [1.807, 2.05) is 0 Å². The number of hydrogen-bond acceptors (Lipinski definition) is 6. The van der Waals surface area contributed by atoms with Crippen LogP contribution in [0.1, 0.15) is 5.56 Å². The minimum Gasteiger partial charge on any atom is -0.493 e. The van der Waals surface area contributed by atoms with Gasteiger partial charge in [0.1, 0.15) is 0 Å². The van der Waals surface area contributed by atoms with Crippen molar-refractivity contribution < 1.29 is 22.3 Å². The highest BCUT2D eigenvalue weighted by Gasteiger charge is 2.28. The zero-order valence-electron chi connectivity index (χ0n) is 12.8. The van der Waals surface area contributed by atoms with Gasteiger partial charge in [0.25, 0.3) is 5.69 Å². The Morgan fingerprint density at radius 2 is 1.92 bits per heavy atom. The summed E-state index contributed by atoms with van der Waals surface area (Å²) in [6, 6.07) is 9.69. The van der Waals surface area contributed by atoms with Crippen LogP contribution in [0.15, 0.2) is 60.0 Å². The lowest BCUT2D eigenvalue weighted by Crippen LogP contribution is -2.12. The first-order valence-electron chi connectivity index (χ1n) is 6.84. The Hall–Kier alpha value is -2.87. The molecule has 0 saturated heterocycles. The normalized spacial score (nSPS) is 10.9. The van der Waals surface area contributed by atoms with E-state index in [2.05, 4.69) is 6.58 Å². The molecule has 7 nitrogen and oxygen atoms in total. The van der Waals surface area contributed by atoms with E-state index >= 15 is 0 Å². The van der Waals surface area contributed by atoms with Crippen LogP contribution in [0.5, 0.6) is 11.5 Å². The maximum atomic E-state index is 12.4. The maximum absolute atomic E-state index is 12.4. The van der Waals surface area contributed by atoms with Gasteiger partial charge in [0.2, 0.25) is 0 Å². The number of nitrogens with zero attached hydrogens (tertiary/aromatic N) is 1. The Kier molecular flexibility index (Phi) is 5.20. The molecule has 0 unspecified atom stereocenters. The van der Waals surface area contributed by atoms with Crippen molar-refractivity contribution in [2.24, 2.45) is 0 Å². The summed E-state index contributed by atoms with van der Waals surface area (Å²) in [5.41, 5.74) is 0.303. The van der Waals surface area contributed by atoms with Crippen LogP contribution in [-0.4, -0.2) is 20.5 Å². The second-order valence-corrected chi connectivity index (χ2v) is 6.26. The van der Waals surface area contributed by atoms with Gasteiger partial charge in [-0.3, -0.25) is 10.1 Å². The van der Waals surface area contributed by atoms with E-state index in [0.717, 1.165) is 17.7 Å². The van der Waals surface area contributed by atoms with Gasteiger partial charge < -0.3 is 8.92 Å². The number of para-hydroxylation sites is 1. The van der Waals surface area contributed by atoms with E-state index in [-0.39, 0.29) is 11.5 Å². The molecule has 8 heteroatoms. The summed E-state index contributed by atoms with van der Waals surface area (Å²) in [6.07, 6.45) is 2.27. The molecule has 24 heavy (non-hydrogen) atoms. The van der Waals surface area contributed by atoms with E-state index < -0.39 is 25.6 Å². The van der Waals surface area contributed by atoms with Gasteiger partial charge in [0.15, 0.2) is 16.4 Å². The second kappa shape index (κ2) is 7.14. The van der Waals surface area contributed by atoms with Gasteiger partial charge in [-0.05, 0) is 30.2 Å². The zero-order chi connectivity index (χ0) is 17.7. The Morgan fingerprint density at radius 3 is 2.54 bits per heavy atom. The minimum absolute atomic E-state index is 0.0523. The Balaban J connectivity index is 2.43. The van der Waals surface area contributed by atoms with E-state index in [0.29, 0.717) is 6.42 Å². The molecule has 0 atom stereocenters. The number of hydrogen-bond donors (Lipinski definition) is 0. The van der Waals surface area contributed by atoms with Crippen molar-refractivity contribution in [1.82, 2.24) is 0 Å². The highest BCUT2D eigenvalue weighted by Crippen LogP contribution is 2.33. The van der Waals surface area contributed by atoms with Crippen LogP contribution >= 0.6 is 0 Å². The van der Waals surface area contributed by atoms with Crippen LogP contribution in [-0.2, 0) is 16.5 Å². The van der Waals surface area contributed by atoms with Crippen LogP contribution in [0.2, 0.25) is 0 Å². The van der Waals surface area contributed by atoms with E-state index in [9.17, 15) is 18.5 Å². The molecule has 0 amide bonds. The van der Waals surface area contributed by atoms with Crippen LogP contribution in [0.4, 0.5) is 5.69 Å². The summed E-state index contributed by atoms with van der Waals surface area (Å²) in [5, 5.41) is 11.0. The molecule has 2 rings (SSSR count). The fourth-order valence-electron chi connectivity index (χ4n) is 2.06. The van der Waals surface area contributed by atoms with Crippen molar-refractivity contribution in [3.05, 3.63) is 70.8 Å². The monoisotopic (exact) mass is 349 g/mol. The summed E-state index contributed by atoms with van der Waals surface area (Å²) in [7, 11) is -3.02. The Bertz CT molecular complexity index is 876. The molecule has 0 aliphatic heterocycles. The summed E-state index contributed by atoms with van der Waals surface area (Å²) >= 11 is 0. The molecule has 0 fully saturated rings. The lowest BCUT2D eigenvalue weighted by Gasteiger charge is -2.12. The van der Waals surface area contributed by atoms with Gasteiger partial charge >= 0.3 is 10.1 Å². The predicted octanol–water partition coefficient (Wildman–Crippen LogP) is 3.10. The summed E-state index contributed by atoms with van der Waals surface area (Å²) in [6.45, 7) is 3.63. The number of methoxy groups -OCH3 is 1. The minimum atomic E-state index is -4.39. The first-order chi connectivity index (χ1) is 11.4. The van der Waals surface area contributed by atoms with E-state index in [1.165, 1.54) is 25.3 Å². The first-order valence-corrected chi connectivity index (χ1v) is 8.25. The molecule has 0 spiro atoms. The largest absolute Gasteiger partial charge is 0.493 e. The molecule has 2 aromatic rings. The van der Waals surface area contributed by atoms with Crippen molar-refractivity contribution in [3.63, 3.8) is 0 Å². The third kappa shape index (κ3) is 3.72. The third-order valence-electron chi connectivity index (χ3n) is 3.14. The smallest absolute Gasteiger partial charge is 0.346 e. The molecular formula is C16H15NO6S. The maximum Gasteiger partial charge on any atom is 0.346 e. The van der Waals surface area contributed by atoms with Crippen molar-refractivity contribution in [3.8, 4) is 11.5 Å². The lowest BCUT2D eigenvalue weighted by molar-refractivity contribution is -0.387. The Labute approximate surface area is 139 Å². The van der Waals surface area contributed by atoms with Gasteiger partial charge in [-0.25, -0.2) is 0 Å². The van der Waals surface area contributed by atoms with E-state index in [1.54, 1.807) is 18.2 Å². The first kappa shape index (κ1) is 17.5. The SMILES string of the molecule is C=CCc1ccc(OS(=O)(=O)c2ccccc2[N+](=O)[O-])c(OC)c1. The number of benzene rings is 2. The van der Waals surface area contributed by atoms with Crippen molar-refractivity contribution >= 4 is 15.8 Å². The van der Waals surface area contributed by atoms with Crippen LogP contribution in [0.25, 0.3) is 0 Å². The molecule has 0 radical (unpaired) electrons. The molecule has 0 N–H and O–H groups in total. The molecule has 126 valence electrons. The van der Waals surface area contributed by atoms with Gasteiger partial charge in [-0.15, -0.1) is 6.58 Å². The zero-order valence-corrected chi connectivity index (χ0v) is 13.7. The molecule has 0 heterocycles. The summed E-state index contributed by atoms with van der Waals surface area (Å²) in [4.78, 5) is 9.71. The lowest BCUT2D eigenvalue weighted by atomic mass is 10.1. The second-order valence-electron chi connectivity index (χ2n) is 4.74. The van der Waals surface area contributed by atoms with Crippen LogP contribution in [0, 0.1) is 10.1 Å². The third-order valence-corrected chi connectivity index (χ3v) is 4.42. The highest BCUT2D eigenvalue weighted by molar-refractivity contribution is 7.87. The van der Waals surface area contributed by atoms with Crippen molar-refractivity contribution in [2.75, 3.05) is 7.11 Å². The van der Waals surface area contributed by atoms with Crippen LogP contribution < -0.4 is 8.92 Å². The topological polar surface area (TPSA) is 95.7 Å². The number of rotatable bonds is 7. The van der Waals surface area contributed by atoms with Crippen molar-refractivity contribution in [1.29, 1.82) is 0 Å². The fourth-order valence-corrected chi connectivity index (χ4v) is 3.16. The summed E-state index contributed by atoms with van der Waals surface area (Å²) in [5.74, 6) is 0.153. The standard InChI is InChI=1S/C16H15NO6S/c1-3-6-12-9-10-14(15(11-12)22-2)23-24(20,21)16-8-5-4-7-13(16)17(18)19/h3-5,7-11H,1,6H2,2H3. The summed E-state index contributed by atoms with van der Waals surface area (Å²) < 4.78 is 35.0. The number of ether oxygens (including phenoxy) is 1. The quantitative estimate of drug-likeness (QED) is 0.330. The number of allylic oxidation sites excluding steroid dienone is 1. The molecule has 0 bridgehead atoms. The average molecular weight is 349 g/mol. The average Bonchev–Trinajstić information content (AvgIpc) is 2.56. The van der Waals surface area contributed by atoms with Crippen LogP contribution in [0.3, 0.4) is 0 Å². The van der Waals surface area contributed by atoms with Gasteiger partial charge in [-0.2, -0.15) is 8.42 Å². The van der Waals surface area contributed by atoms with Crippen molar-refractivity contribution in [2.45, 2.75) is 11.3 Å². The predicted molar refractivity (Wildman–Crippen MR) is 87.8 cm³/mol. The molecule has 0 aromatic heterocycles. The molecule has 2 aromatic carbocycles. The van der Waals surface area contributed by atoms with Gasteiger partial charge in [0, 0.05) is 6.07 Å². The van der Waals surface area contributed by atoms with Gasteiger partial charge in [-0.1, -0.05) is 24.3 Å². The number of nitro benzene ring substituents is 1. The Morgan fingerprint density at radius 1 is 1.21 bits per heavy atom. The number of nitro groups is 1. The van der Waals surface area contributed by atoms with Gasteiger partial charge in [0.05, 0.1) is 12.0 Å². The molecular weight excluding hydrogens is 334 g/mol. The molecule has 0 saturated carbocycles. The fraction of sp³-hybridized carbons (Fsp3) is 0.125. The van der Waals surface area contributed by atoms with E-state index in [4.69, 9.17) is 8.92 Å². The molecule has 0 aliphatic carbocycles.